The smallest absolute Gasteiger partial charge is 0.426 e. The summed E-state index contributed by atoms with van der Waals surface area (Å²) in [5.41, 5.74) is -10.3. The van der Waals surface area contributed by atoms with Crippen LogP contribution in [0.25, 0.3) is 0 Å². The van der Waals surface area contributed by atoms with E-state index >= 15 is 0 Å². The number of carbonyl (C=O) groups excluding carboxylic acids is 1. The van der Waals surface area contributed by atoms with E-state index in [4.69, 9.17) is 4.74 Å². The predicted octanol–water partition coefficient (Wildman–Crippen LogP) is 4.92. The Hall–Kier alpha value is -1.24. The Morgan fingerprint density at radius 2 is 1.23 bits per heavy atom. The quantitative estimate of drug-likeness (QED) is 0.437. The van der Waals surface area contributed by atoms with Gasteiger partial charge in [0.1, 0.15) is 6.10 Å². The zero-order valence-electron chi connectivity index (χ0n) is 17.2. The van der Waals surface area contributed by atoms with Gasteiger partial charge in [-0.2, -0.15) is 39.5 Å². The van der Waals surface area contributed by atoms with E-state index in [0.717, 1.165) is 0 Å². The minimum absolute atomic E-state index is 0.167. The number of aliphatic hydroxyl groups is 2. The van der Waals surface area contributed by atoms with E-state index in [1.165, 1.54) is 13.8 Å². The van der Waals surface area contributed by atoms with Gasteiger partial charge in [0, 0.05) is 11.8 Å². The number of carbonyl (C=O) groups is 1. The minimum Gasteiger partial charge on any atom is -0.462 e. The molecule has 1 saturated carbocycles. The van der Waals surface area contributed by atoms with Crippen molar-refractivity contribution < 1.29 is 59.3 Å². The van der Waals surface area contributed by atoms with Crippen LogP contribution in [0.5, 0.6) is 0 Å². The normalized spacial score (nSPS) is 26.4. The molecule has 13 heteroatoms. The molecule has 1 fully saturated rings. The molecule has 31 heavy (non-hydrogen) atoms. The lowest BCUT2D eigenvalue weighted by Gasteiger charge is -2.47. The Bertz CT molecular complexity index is 636. The maximum Gasteiger partial charge on any atom is 0.426 e. The summed E-state index contributed by atoms with van der Waals surface area (Å²) in [7, 11) is 0. The molecule has 0 aromatic rings. The van der Waals surface area contributed by atoms with E-state index in [9.17, 15) is 54.5 Å². The fourth-order valence-electron chi connectivity index (χ4n) is 3.47. The van der Waals surface area contributed by atoms with Crippen molar-refractivity contribution in [3.63, 3.8) is 0 Å². The maximum absolute atomic E-state index is 13.3. The molecule has 0 spiro atoms. The molecule has 0 aromatic carbocycles. The third kappa shape index (κ3) is 5.23. The van der Waals surface area contributed by atoms with Crippen LogP contribution in [0.2, 0.25) is 0 Å². The zero-order chi connectivity index (χ0) is 24.8. The van der Waals surface area contributed by atoms with Crippen molar-refractivity contribution in [3.05, 3.63) is 0 Å². The lowest BCUT2D eigenvalue weighted by Crippen LogP contribution is -2.64. The highest BCUT2D eigenvalue weighted by atomic mass is 19.4. The Kier molecular flexibility index (Phi) is 7.42. The Morgan fingerprint density at radius 1 is 0.806 bits per heavy atom. The van der Waals surface area contributed by atoms with Crippen molar-refractivity contribution in [2.75, 3.05) is 0 Å². The number of hydrogen-bond donors (Lipinski definition) is 2. The average Bonchev–Trinajstić information content (AvgIpc) is 2.57. The number of ether oxygens (including phenoxy) is 1. The lowest BCUT2D eigenvalue weighted by atomic mass is 9.66. The SMILES string of the molecule is CCC(C)(C)C(=O)OC1CC(C(C)(O)C(F)(F)F)CC(C(O)(C(F)(F)F)C(F)(F)F)C1. The van der Waals surface area contributed by atoms with Gasteiger partial charge in [0.15, 0.2) is 5.60 Å². The van der Waals surface area contributed by atoms with E-state index < -0.39 is 78.3 Å². The van der Waals surface area contributed by atoms with Crippen molar-refractivity contribution in [3.8, 4) is 0 Å². The van der Waals surface area contributed by atoms with Crippen LogP contribution in [0.3, 0.4) is 0 Å². The summed E-state index contributed by atoms with van der Waals surface area (Å²) < 4.78 is 125. The molecule has 1 aliphatic carbocycles. The van der Waals surface area contributed by atoms with Gasteiger partial charge >= 0.3 is 24.5 Å². The van der Waals surface area contributed by atoms with Gasteiger partial charge in [-0.1, -0.05) is 6.92 Å². The van der Waals surface area contributed by atoms with E-state index in [1.54, 1.807) is 6.92 Å². The first-order valence-corrected chi connectivity index (χ1v) is 9.38. The molecule has 0 aliphatic heterocycles. The van der Waals surface area contributed by atoms with E-state index in [0.29, 0.717) is 0 Å². The Morgan fingerprint density at radius 3 is 1.58 bits per heavy atom. The van der Waals surface area contributed by atoms with Gasteiger partial charge in [-0.05, 0) is 46.5 Å². The molecule has 2 N–H and O–H groups in total. The fraction of sp³-hybridized carbons (Fsp3) is 0.944. The number of rotatable bonds is 5. The first-order valence-electron chi connectivity index (χ1n) is 9.38. The topological polar surface area (TPSA) is 66.8 Å². The second kappa shape index (κ2) is 8.27. The lowest BCUT2D eigenvalue weighted by molar-refractivity contribution is -0.391. The van der Waals surface area contributed by atoms with Crippen LogP contribution >= 0.6 is 0 Å². The van der Waals surface area contributed by atoms with Crippen LogP contribution < -0.4 is 0 Å². The summed E-state index contributed by atoms with van der Waals surface area (Å²) in [6.45, 7) is 4.52. The van der Waals surface area contributed by atoms with Crippen LogP contribution in [0.1, 0.15) is 53.4 Å². The fourth-order valence-corrected chi connectivity index (χ4v) is 3.47. The number of hydrogen-bond acceptors (Lipinski definition) is 4. The molecule has 0 amide bonds. The Labute approximate surface area is 172 Å². The largest absolute Gasteiger partial charge is 0.462 e. The summed E-state index contributed by atoms with van der Waals surface area (Å²) in [4.78, 5) is 12.3. The van der Waals surface area contributed by atoms with Crippen molar-refractivity contribution in [1.82, 2.24) is 0 Å². The number of esters is 1. The molecule has 4 atom stereocenters. The van der Waals surface area contributed by atoms with Gasteiger partial charge in [0.05, 0.1) is 5.41 Å². The van der Waals surface area contributed by atoms with Crippen molar-refractivity contribution in [1.29, 1.82) is 0 Å². The van der Waals surface area contributed by atoms with E-state index in [1.807, 2.05) is 0 Å². The van der Waals surface area contributed by atoms with Gasteiger partial charge in [-0.3, -0.25) is 4.79 Å². The highest BCUT2D eigenvalue weighted by molar-refractivity contribution is 5.76. The molecule has 4 unspecified atom stereocenters. The monoisotopic (exact) mass is 476 g/mol. The van der Waals surface area contributed by atoms with Crippen LogP contribution in [0.4, 0.5) is 39.5 Å². The predicted molar refractivity (Wildman–Crippen MR) is 88.5 cm³/mol. The number of halogens is 9. The molecule has 1 aliphatic rings. The van der Waals surface area contributed by atoms with Gasteiger partial charge in [-0.15, -0.1) is 0 Å². The van der Waals surface area contributed by atoms with Crippen molar-refractivity contribution >= 4 is 5.97 Å². The van der Waals surface area contributed by atoms with Gasteiger partial charge in [0.25, 0.3) is 5.60 Å². The van der Waals surface area contributed by atoms with Crippen LogP contribution in [0.15, 0.2) is 0 Å². The molecule has 0 saturated heterocycles. The molecule has 0 radical (unpaired) electrons. The first kappa shape index (κ1) is 27.8. The summed E-state index contributed by atoms with van der Waals surface area (Å²) in [6, 6.07) is 0. The molecule has 0 bridgehead atoms. The molecule has 1 rings (SSSR count). The second-order valence-corrected chi connectivity index (χ2v) is 8.77. The van der Waals surface area contributed by atoms with Crippen molar-refractivity contribution in [2.45, 2.75) is 89.2 Å². The maximum atomic E-state index is 13.3. The first-order chi connectivity index (χ1) is 13.5. The van der Waals surface area contributed by atoms with E-state index in [-0.39, 0.29) is 13.3 Å². The highest BCUT2D eigenvalue weighted by Crippen LogP contribution is 2.55. The summed E-state index contributed by atoms with van der Waals surface area (Å²) in [6.07, 6.45) is -23.1. The van der Waals surface area contributed by atoms with E-state index in [2.05, 4.69) is 0 Å². The Balaban J connectivity index is 3.47. The molecule has 4 nitrogen and oxygen atoms in total. The van der Waals surface area contributed by atoms with Crippen molar-refractivity contribution in [2.24, 2.45) is 17.3 Å². The molecular weight excluding hydrogens is 451 g/mol. The summed E-state index contributed by atoms with van der Waals surface area (Å²) in [5, 5.41) is 19.6. The highest BCUT2D eigenvalue weighted by Gasteiger charge is 2.75. The third-order valence-corrected chi connectivity index (χ3v) is 6.20. The van der Waals surface area contributed by atoms with Crippen LogP contribution in [-0.4, -0.2) is 52.0 Å². The zero-order valence-corrected chi connectivity index (χ0v) is 17.2. The van der Waals surface area contributed by atoms with Crippen LogP contribution in [0, 0.1) is 17.3 Å². The van der Waals surface area contributed by atoms with Crippen LogP contribution in [-0.2, 0) is 9.53 Å². The number of alkyl halides is 9. The van der Waals surface area contributed by atoms with Gasteiger partial charge in [0.2, 0.25) is 0 Å². The summed E-state index contributed by atoms with van der Waals surface area (Å²) in [5.74, 6) is -6.08. The molecular formula is C18H25F9O4. The average molecular weight is 476 g/mol. The third-order valence-electron chi connectivity index (χ3n) is 6.20. The standard InChI is InChI=1S/C18H25F9O4/c1-5-13(2,3)12(28)31-11-7-9(14(4,29)16(19,20)21)6-10(8-11)15(30,17(22,23)24)18(25,26)27/h9-11,29-30H,5-8H2,1-4H3. The molecule has 184 valence electrons. The summed E-state index contributed by atoms with van der Waals surface area (Å²) >= 11 is 0. The molecule has 0 aromatic heterocycles. The molecule has 0 heterocycles. The van der Waals surface area contributed by atoms with Gasteiger partial charge in [-0.25, -0.2) is 0 Å². The minimum atomic E-state index is -6.28. The van der Waals surface area contributed by atoms with Gasteiger partial charge < -0.3 is 14.9 Å². The second-order valence-electron chi connectivity index (χ2n) is 8.77.